The average Bonchev–Trinajstić information content (AvgIpc) is 2.55. The summed E-state index contributed by atoms with van der Waals surface area (Å²) in [7, 11) is 0. The van der Waals surface area contributed by atoms with Crippen molar-refractivity contribution in [3.63, 3.8) is 0 Å². The average molecular weight is 367 g/mol. The summed E-state index contributed by atoms with van der Waals surface area (Å²) in [6.07, 6.45) is 2.73. The van der Waals surface area contributed by atoms with Gasteiger partial charge in [-0.25, -0.2) is 0 Å². The first-order chi connectivity index (χ1) is 12.2. The predicted molar refractivity (Wildman–Crippen MR) is 114 cm³/mol. The van der Waals surface area contributed by atoms with Crippen LogP contribution in [0.4, 0.5) is 0 Å². The fourth-order valence-electron chi connectivity index (χ4n) is 4.84. The molecule has 0 spiro atoms. The van der Waals surface area contributed by atoms with Crippen LogP contribution >= 0.6 is 0 Å². The highest BCUT2D eigenvalue weighted by molar-refractivity contribution is 4.90. The molecular formula is C22H46N4. The molecule has 2 aliphatic heterocycles. The summed E-state index contributed by atoms with van der Waals surface area (Å²) in [6, 6.07) is 1.86. The SMILES string of the molecule is CC(C)N(CC(N1CCN(CC2CCNCC2)CC1)C(C)(C)C)C(C)C. The summed E-state index contributed by atoms with van der Waals surface area (Å²) in [5.41, 5.74) is 0.319. The Morgan fingerprint density at radius 1 is 0.923 bits per heavy atom. The Balaban J connectivity index is 1.91. The third-order valence-electron chi connectivity index (χ3n) is 6.53. The van der Waals surface area contributed by atoms with E-state index in [1.54, 1.807) is 0 Å². The second-order valence-corrected chi connectivity index (χ2v) is 10.3. The van der Waals surface area contributed by atoms with Gasteiger partial charge in [-0.05, 0) is 65.0 Å². The van der Waals surface area contributed by atoms with Gasteiger partial charge in [-0.3, -0.25) is 9.80 Å². The molecule has 26 heavy (non-hydrogen) atoms. The number of piperazine rings is 1. The first-order valence-corrected chi connectivity index (χ1v) is 11.1. The van der Waals surface area contributed by atoms with Gasteiger partial charge in [-0.15, -0.1) is 0 Å². The van der Waals surface area contributed by atoms with Crippen molar-refractivity contribution in [1.82, 2.24) is 20.0 Å². The van der Waals surface area contributed by atoms with Crippen LogP contribution in [0.25, 0.3) is 0 Å². The zero-order chi connectivity index (χ0) is 19.3. The third-order valence-corrected chi connectivity index (χ3v) is 6.53. The molecule has 2 saturated heterocycles. The zero-order valence-electron chi connectivity index (χ0n) is 18.7. The van der Waals surface area contributed by atoms with Crippen LogP contribution in [0.5, 0.6) is 0 Å². The molecule has 0 saturated carbocycles. The quantitative estimate of drug-likeness (QED) is 0.747. The Morgan fingerprint density at radius 2 is 1.46 bits per heavy atom. The van der Waals surface area contributed by atoms with E-state index < -0.39 is 0 Å². The normalized spacial score (nSPS) is 23.3. The first kappa shape index (κ1) is 22.1. The van der Waals surface area contributed by atoms with Crippen molar-refractivity contribution < 1.29 is 0 Å². The van der Waals surface area contributed by atoms with Crippen molar-refractivity contribution in [1.29, 1.82) is 0 Å². The minimum absolute atomic E-state index is 0.319. The van der Waals surface area contributed by atoms with Crippen LogP contribution < -0.4 is 5.32 Å². The summed E-state index contributed by atoms with van der Waals surface area (Å²) in [5.74, 6) is 0.915. The number of hydrogen-bond acceptors (Lipinski definition) is 4. The topological polar surface area (TPSA) is 21.8 Å². The Kier molecular flexibility index (Phi) is 8.39. The molecule has 0 amide bonds. The van der Waals surface area contributed by atoms with Gasteiger partial charge < -0.3 is 10.2 Å². The second-order valence-electron chi connectivity index (χ2n) is 10.3. The molecule has 2 rings (SSSR count). The molecule has 0 radical (unpaired) electrons. The van der Waals surface area contributed by atoms with E-state index in [1.807, 2.05) is 0 Å². The van der Waals surface area contributed by atoms with Gasteiger partial charge in [0.25, 0.3) is 0 Å². The fraction of sp³-hybridized carbons (Fsp3) is 1.00. The van der Waals surface area contributed by atoms with E-state index >= 15 is 0 Å². The van der Waals surface area contributed by atoms with Crippen molar-refractivity contribution in [2.24, 2.45) is 11.3 Å². The van der Waals surface area contributed by atoms with E-state index in [0.29, 0.717) is 23.5 Å². The molecule has 0 bridgehead atoms. The molecule has 1 N–H and O–H groups in total. The smallest absolute Gasteiger partial charge is 0.0272 e. The molecule has 1 unspecified atom stereocenters. The Bertz CT molecular complexity index is 379. The molecule has 0 aromatic carbocycles. The maximum Gasteiger partial charge on any atom is 0.0272 e. The minimum atomic E-state index is 0.319. The minimum Gasteiger partial charge on any atom is -0.317 e. The molecule has 4 heteroatoms. The van der Waals surface area contributed by atoms with E-state index in [-0.39, 0.29) is 0 Å². The number of hydrogen-bond donors (Lipinski definition) is 1. The summed E-state index contributed by atoms with van der Waals surface area (Å²) in [5, 5.41) is 3.50. The summed E-state index contributed by atoms with van der Waals surface area (Å²) in [4.78, 5) is 8.20. The van der Waals surface area contributed by atoms with Crippen LogP contribution in [0, 0.1) is 11.3 Å². The van der Waals surface area contributed by atoms with Crippen LogP contribution in [0.1, 0.15) is 61.3 Å². The molecular weight excluding hydrogens is 320 g/mol. The van der Waals surface area contributed by atoms with Crippen LogP contribution in [-0.2, 0) is 0 Å². The van der Waals surface area contributed by atoms with Gasteiger partial charge in [-0.2, -0.15) is 0 Å². The lowest BCUT2D eigenvalue weighted by atomic mass is 9.84. The molecule has 1 atom stereocenters. The van der Waals surface area contributed by atoms with Crippen LogP contribution in [-0.4, -0.2) is 85.2 Å². The van der Waals surface area contributed by atoms with Crippen molar-refractivity contribution in [3.8, 4) is 0 Å². The van der Waals surface area contributed by atoms with E-state index in [2.05, 4.69) is 68.5 Å². The van der Waals surface area contributed by atoms with Crippen LogP contribution in [0.3, 0.4) is 0 Å². The van der Waals surface area contributed by atoms with E-state index in [0.717, 1.165) is 5.92 Å². The molecule has 4 nitrogen and oxygen atoms in total. The number of nitrogens with zero attached hydrogens (tertiary/aromatic N) is 3. The molecule has 0 aliphatic carbocycles. The predicted octanol–water partition coefficient (Wildman–Crippen LogP) is 3.14. The lowest BCUT2D eigenvalue weighted by molar-refractivity contribution is 0.00718. The number of piperidine rings is 1. The molecule has 2 heterocycles. The molecule has 154 valence electrons. The molecule has 0 aromatic rings. The summed E-state index contributed by atoms with van der Waals surface area (Å²) in [6.45, 7) is 26.6. The lowest BCUT2D eigenvalue weighted by Gasteiger charge is -2.48. The maximum atomic E-state index is 3.50. The standard InChI is InChI=1S/C22H46N4/c1-18(2)26(19(3)4)17-21(22(5,6)7)25-14-12-24(13-15-25)16-20-8-10-23-11-9-20/h18-21,23H,8-17H2,1-7H3. The van der Waals surface area contributed by atoms with Crippen molar-refractivity contribution in [3.05, 3.63) is 0 Å². The van der Waals surface area contributed by atoms with Gasteiger partial charge in [0.2, 0.25) is 0 Å². The van der Waals surface area contributed by atoms with E-state index in [4.69, 9.17) is 0 Å². The van der Waals surface area contributed by atoms with Gasteiger partial charge in [-0.1, -0.05) is 20.8 Å². The second kappa shape index (κ2) is 9.86. The molecule has 2 aliphatic rings. The van der Waals surface area contributed by atoms with Crippen LogP contribution in [0.2, 0.25) is 0 Å². The largest absolute Gasteiger partial charge is 0.317 e. The summed E-state index contributed by atoms with van der Waals surface area (Å²) < 4.78 is 0. The van der Waals surface area contributed by atoms with Crippen LogP contribution in [0.15, 0.2) is 0 Å². The summed E-state index contributed by atoms with van der Waals surface area (Å²) >= 11 is 0. The van der Waals surface area contributed by atoms with Crippen molar-refractivity contribution in [2.75, 3.05) is 52.4 Å². The fourth-order valence-corrected chi connectivity index (χ4v) is 4.84. The lowest BCUT2D eigenvalue weighted by Crippen LogP contribution is -2.59. The van der Waals surface area contributed by atoms with Crippen molar-refractivity contribution >= 4 is 0 Å². The van der Waals surface area contributed by atoms with E-state index in [9.17, 15) is 0 Å². The Hall–Kier alpha value is -0.160. The Labute approximate surface area is 163 Å². The number of rotatable bonds is 7. The van der Waals surface area contributed by atoms with Gasteiger partial charge in [0, 0.05) is 57.4 Å². The monoisotopic (exact) mass is 366 g/mol. The van der Waals surface area contributed by atoms with Crippen molar-refractivity contribution in [2.45, 2.75) is 79.4 Å². The Morgan fingerprint density at radius 3 is 1.92 bits per heavy atom. The van der Waals surface area contributed by atoms with Gasteiger partial charge in [0.15, 0.2) is 0 Å². The highest BCUT2D eigenvalue weighted by Gasteiger charge is 2.35. The number of nitrogens with one attached hydrogen (secondary N) is 1. The zero-order valence-corrected chi connectivity index (χ0v) is 18.7. The highest BCUT2D eigenvalue weighted by atomic mass is 15.3. The maximum absolute atomic E-state index is 3.50. The van der Waals surface area contributed by atoms with Gasteiger partial charge >= 0.3 is 0 Å². The highest BCUT2D eigenvalue weighted by Crippen LogP contribution is 2.28. The van der Waals surface area contributed by atoms with E-state index in [1.165, 1.54) is 65.2 Å². The molecule has 2 fully saturated rings. The van der Waals surface area contributed by atoms with Gasteiger partial charge in [0.1, 0.15) is 0 Å². The molecule has 0 aromatic heterocycles. The third kappa shape index (κ3) is 6.47. The first-order valence-electron chi connectivity index (χ1n) is 11.1. The van der Waals surface area contributed by atoms with Gasteiger partial charge in [0.05, 0.1) is 0 Å².